The van der Waals surface area contributed by atoms with Crippen molar-refractivity contribution >= 4 is 24.0 Å². The Bertz CT molecular complexity index is 532. The molecular formula is C17H28ClN3O3. The lowest BCUT2D eigenvalue weighted by atomic mass is 10.0. The van der Waals surface area contributed by atoms with Crippen LogP contribution in [0.1, 0.15) is 20.3 Å². The van der Waals surface area contributed by atoms with E-state index < -0.39 is 6.04 Å². The molecule has 0 saturated carbocycles. The minimum Gasteiger partial charge on any atom is -0.497 e. The first-order chi connectivity index (χ1) is 10.9. The minimum absolute atomic E-state index is 0. The fraction of sp³-hybridized carbons (Fsp3) is 0.588. The van der Waals surface area contributed by atoms with Gasteiger partial charge in [0, 0.05) is 43.0 Å². The molecule has 2 rings (SSSR count). The van der Waals surface area contributed by atoms with Crippen LogP contribution in [0, 0.1) is 5.92 Å². The molecule has 1 saturated heterocycles. The van der Waals surface area contributed by atoms with Gasteiger partial charge in [0.25, 0.3) is 0 Å². The monoisotopic (exact) mass is 357 g/mol. The number of anilines is 1. The van der Waals surface area contributed by atoms with Crippen LogP contribution in [-0.2, 0) is 4.79 Å². The third-order valence-corrected chi connectivity index (χ3v) is 4.26. The van der Waals surface area contributed by atoms with Crippen LogP contribution < -0.4 is 25.4 Å². The van der Waals surface area contributed by atoms with Crippen molar-refractivity contribution in [2.45, 2.75) is 32.4 Å². The highest BCUT2D eigenvalue weighted by molar-refractivity contribution is 5.85. The van der Waals surface area contributed by atoms with Crippen LogP contribution in [0.3, 0.4) is 0 Å². The number of benzene rings is 1. The lowest BCUT2D eigenvalue weighted by Gasteiger charge is -2.22. The van der Waals surface area contributed by atoms with E-state index in [1.807, 2.05) is 32.0 Å². The van der Waals surface area contributed by atoms with Gasteiger partial charge in [-0.3, -0.25) is 4.79 Å². The Balaban J connectivity index is 0.00000288. The molecule has 3 N–H and O–H groups in total. The van der Waals surface area contributed by atoms with Gasteiger partial charge in [-0.1, -0.05) is 13.8 Å². The summed E-state index contributed by atoms with van der Waals surface area (Å²) in [6.45, 7) is 5.53. The summed E-state index contributed by atoms with van der Waals surface area (Å²) in [5.41, 5.74) is 6.93. The number of rotatable bonds is 6. The predicted molar refractivity (Wildman–Crippen MR) is 98.4 cm³/mol. The smallest absolute Gasteiger partial charge is 0.237 e. The van der Waals surface area contributed by atoms with Gasteiger partial charge in [-0.05, 0) is 12.3 Å². The first-order valence-electron chi connectivity index (χ1n) is 7.98. The molecule has 1 fully saturated rings. The van der Waals surface area contributed by atoms with E-state index >= 15 is 0 Å². The molecule has 6 nitrogen and oxygen atoms in total. The average molecular weight is 358 g/mol. The van der Waals surface area contributed by atoms with E-state index in [0.717, 1.165) is 36.7 Å². The second-order valence-corrected chi connectivity index (χ2v) is 6.28. The molecule has 2 atom stereocenters. The number of carbonyl (C=O) groups is 1. The fourth-order valence-electron chi connectivity index (χ4n) is 2.69. The van der Waals surface area contributed by atoms with Crippen molar-refractivity contribution in [2.24, 2.45) is 11.7 Å². The Morgan fingerprint density at radius 3 is 2.33 bits per heavy atom. The van der Waals surface area contributed by atoms with Crippen molar-refractivity contribution in [1.82, 2.24) is 5.32 Å². The maximum Gasteiger partial charge on any atom is 0.237 e. The Hall–Kier alpha value is -1.66. The molecule has 1 unspecified atom stereocenters. The van der Waals surface area contributed by atoms with Gasteiger partial charge in [0.15, 0.2) is 0 Å². The molecule has 136 valence electrons. The molecule has 0 spiro atoms. The number of ether oxygens (including phenoxy) is 2. The normalized spacial score (nSPS) is 18.1. The van der Waals surface area contributed by atoms with Gasteiger partial charge >= 0.3 is 0 Å². The first-order valence-corrected chi connectivity index (χ1v) is 7.98. The standard InChI is InChI=1S/C17H27N3O3.ClH/c1-11(2)16(18)17(21)19-12-5-6-20(10-12)13-7-14(22-3)9-15(8-13)23-4;/h7-9,11-12,16H,5-6,10,18H2,1-4H3,(H,19,21);1H/t12?,16-;/m0./s1. The van der Waals surface area contributed by atoms with Crippen LogP contribution >= 0.6 is 12.4 Å². The highest BCUT2D eigenvalue weighted by Gasteiger charge is 2.27. The molecular weight excluding hydrogens is 330 g/mol. The predicted octanol–water partition coefficient (Wildman–Crippen LogP) is 1.80. The second-order valence-electron chi connectivity index (χ2n) is 6.28. The van der Waals surface area contributed by atoms with E-state index in [2.05, 4.69) is 10.2 Å². The number of hydrogen-bond donors (Lipinski definition) is 2. The lowest BCUT2D eigenvalue weighted by Crippen LogP contribution is -2.48. The topological polar surface area (TPSA) is 76.8 Å². The van der Waals surface area contributed by atoms with Crippen LogP contribution in [0.25, 0.3) is 0 Å². The molecule has 1 aliphatic heterocycles. The summed E-state index contributed by atoms with van der Waals surface area (Å²) >= 11 is 0. The molecule has 1 aromatic rings. The molecule has 7 heteroatoms. The lowest BCUT2D eigenvalue weighted by molar-refractivity contribution is -0.123. The van der Waals surface area contributed by atoms with Crippen LogP contribution in [0.15, 0.2) is 18.2 Å². The fourth-order valence-corrected chi connectivity index (χ4v) is 2.69. The van der Waals surface area contributed by atoms with Crippen LogP contribution in [0.5, 0.6) is 11.5 Å². The van der Waals surface area contributed by atoms with Gasteiger partial charge in [0.2, 0.25) is 5.91 Å². The number of halogens is 1. The maximum atomic E-state index is 12.1. The average Bonchev–Trinajstić information content (AvgIpc) is 3.01. The van der Waals surface area contributed by atoms with E-state index in [0.29, 0.717) is 0 Å². The number of carbonyl (C=O) groups excluding carboxylic acids is 1. The van der Waals surface area contributed by atoms with Gasteiger partial charge in [-0.25, -0.2) is 0 Å². The number of nitrogens with zero attached hydrogens (tertiary/aromatic N) is 1. The Morgan fingerprint density at radius 2 is 1.83 bits per heavy atom. The third-order valence-electron chi connectivity index (χ3n) is 4.26. The summed E-state index contributed by atoms with van der Waals surface area (Å²) in [5, 5.41) is 3.05. The van der Waals surface area contributed by atoms with Gasteiger partial charge < -0.3 is 25.4 Å². The van der Waals surface area contributed by atoms with Gasteiger partial charge in [0.05, 0.1) is 20.3 Å². The van der Waals surface area contributed by atoms with Crippen LogP contribution in [-0.4, -0.2) is 45.3 Å². The zero-order valence-corrected chi connectivity index (χ0v) is 15.6. The number of hydrogen-bond acceptors (Lipinski definition) is 5. The summed E-state index contributed by atoms with van der Waals surface area (Å²) in [4.78, 5) is 14.3. The number of methoxy groups -OCH3 is 2. The van der Waals surface area contributed by atoms with Gasteiger partial charge in [0.1, 0.15) is 11.5 Å². The highest BCUT2D eigenvalue weighted by atomic mass is 35.5. The number of amides is 1. The van der Waals surface area contributed by atoms with E-state index in [9.17, 15) is 4.79 Å². The van der Waals surface area contributed by atoms with Crippen molar-refractivity contribution < 1.29 is 14.3 Å². The van der Waals surface area contributed by atoms with E-state index in [-0.39, 0.29) is 30.3 Å². The van der Waals surface area contributed by atoms with E-state index in [4.69, 9.17) is 15.2 Å². The number of nitrogens with two attached hydrogens (primary N) is 1. The van der Waals surface area contributed by atoms with Gasteiger partial charge in [-0.15, -0.1) is 12.4 Å². The Labute approximate surface area is 150 Å². The van der Waals surface area contributed by atoms with Crippen molar-refractivity contribution in [3.8, 4) is 11.5 Å². The molecule has 0 aromatic heterocycles. The summed E-state index contributed by atoms with van der Waals surface area (Å²) in [5.74, 6) is 1.58. The highest BCUT2D eigenvalue weighted by Crippen LogP contribution is 2.30. The molecule has 1 amide bonds. The van der Waals surface area contributed by atoms with Crippen molar-refractivity contribution in [1.29, 1.82) is 0 Å². The van der Waals surface area contributed by atoms with E-state index in [1.54, 1.807) is 14.2 Å². The SMILES string of the molecule is COc1cc(OC)cc(N2CCC(NC(=O)[C@@H](N)C(C)C)C2)c1.Cl. The molecule has 24 heavy (non-hydrogen) atoms. The molecule has 1 aliphatic rings. The van der Waals surface area contributed by atoms with Crippen molar-refractivity contribution in [2.75, 3.05) is 32.2 Å². The summed E-state index contributed by atoms with van der Waals surface area (Å²) in [6, 6.07) is 5.46. The number of nitrogens with one attached hydrogen (secondary N) is 1. The van der Waals surface area contributed by atoms with Crippen LogP contribution in [0.2, 0.25) is 0 Å². The molecule has 0 aliphatic carbocycles. The largest absolute Gasteiger partial charge is 0.497 e. The molecule has 1 aromatic carbocycles. The second kappa shape index (κ2) is 8.99. The zero-order chi connectivity index (χ0) is 17.0. The van der Waals surface area contributed by atoms with Crippen molar-refractivity contribution in [3.05, 3.63) is 18.2 Å². The Morgan fingerprint density at radius 1 is 1.25 bits per heavy atom. The van der Waals surface area contributed by atoms with Gasteiger partial charge in [-0.2, -0.15) is 0 Å². The Kier molecular flexibility index (Phi) is 7.63. The molecule has 0 radical (unpaired) electrons. The molecule has 0 bridgehead atoms. The molecule has 1 heterocycles. The summed E-state index contributed by atoms with van der Waals surface area (Å²) in [6.07, 6.45) is 0.899. The maximum absolute atomic E-state index is 12.1. The van der Waals surface area contributed by atoms with Crippen molar-refractivity contribution in [3.63, 3.8) is 0 Å². The third kappa shape index (κ3) is 4.92. The zero-order valence-electron chi connectivity index (χ0n) is 14.7. The van der Waals surface area contributed by atoms with E-state index in [1.165, 1.54) is 0 Å². The summed E-state index contributed by atoms with van der Waals surface area (Å²) < 4.78 is 10.6. The minimum atomic E-state index is -0.457. The quantitative estimate of drug-likeness (QED) is 0.811. The first kappa shape index (κ1) is 20.4. The summed E-state index contributed by atoms with van der Waals surface area (Å²) in [7, 11) is 3.28. The van der Waals surface area contributed by atoms with Crippen LogP contribution in [0.4, 0.5) is 5.69 Å².